The molecule has 0 radical (unpaired) electrons. The van der Waals surface area contributed by atoms with Crippen LogP contribution in [0.5, 0.6) is 0 Å². The number of H-pyrrole nitrogens is 1. The molecule has 0 saturated carbocycles. The van der Waals surface area contributed by atoms with Crippen LogP contribution in [0.3, 0.4) is 0 Å². The lowest BCUT2D eigenvalue weighted by Crippen LogP contribution is -2.29. The summed E-state index contributed by atoms with van der Waals surface area (Å²) in [6.07, 6.45) is 8.02. The highest BCUT2D eigenvalue weighted by molar-refractivity contribution is 6.51. The van der Waals surface area contributed by atoms with Crippen molar-refractivity contribution in [1.82, 2.24) is 15.3 Å². The number of aromatic amines is 1. The fourth-order valence-electron chi connectivity index (χ4n) is 2.04. The molecule has 0 saturated heterocycles. The lowest BCUT2D eigenvalue weighted by atomic mass is 10.0. The molecule has 2 N–H and O–H groups in total. The maximum atomic E-state index is 11.9. The first kappa shape index (κ1) is 18.1. The van der Waals surface area contributed by atoms with Gasteiger partial charge in [-0.2, -0.15) is 0 Å². The summed E-state index contributed by atoms with van der Waals surface area (Å²) >= 11 is 0. The maximum Gasteiger partial charge on any atom is 0.263 e. The number of nitrogens with one attached hydrogen (secondary N) is 2. The van der Waals surface area contributed by atoms with Gasteiger partial charge in [0.2, 0.25) is 0 Å². The van der Waals surface area contributed by atoms with Gasteiger partial charge in [0.1, 0.15) is 5.56 Å². The third kappa shape index (κ3) is 5.11. The van der Waals surface area contributed by atoms with E-state index in [1.54, 1.807) is 7.05 Å². The molecule has 0 atom stereocenters. The van der Waals surface area contributed by atoms with Gasteiger partial charge in [-0.3, -0.25) is 19.6 Å². The normalized spacial score (nSPS) is 16.6. The van der Waals surface area contributed by atoms with E-state index in [2.05, 4.69) is 37.1 Å². The first-order valence-corrected chi connectivity index (χ1v) is 7.75. The van der Waals surface area contributed by atoms with Gasteiger partial charge in [-0.25, -0.2) is 4.98 Å². The highest BCUT2D eigenvalue weighted by Gasteiger charge is 2.10. The fourth-order valence-corrected chi connectivity index (χ4v) is 2.04. The number of nitrogens with zero attached hydrogens (tertiary/aromatic N) is 3. The molecule has 0 aliphatic heterocycles. The van der Waals surface area contributed by atoms with Crippen molar-refractivity contribution in [2.45, 2.75) is 19.9 Å². The molecule has 0 bridgehead atoms. The van der Waals surface area contributed by atoms with Crippen molar-refractivity contribution in [2.75, 3.05) is 13.6 Å². The van der Waals surface area contributed by atoms with Crippen molar-refractivity contribution < 1.29 is 4.79 Å². The Morgan fingerprint density at radius 3 is 2.84 bits per heavy atom. The van der Waals surface area contributed by atoms with E-state index < -0.39 is 11.5 Å². The Morgan fingerprint density at radius 2 is 2.16 bits per heavy atom. The van der Waals surface area contributed by atoms with Crippen molar-refractivity contribution >= 4 is 17.3 Å². The lowest BCUT2D eigenvalue weighted by Gasteiger charge is -2.08. The first-order valence-electron chi connectivity index (χ1n) is 7.75. The van der Waals surface area contributed by atoms with Crippen LogP contribution in [0, 0.1) is 11.8 Å². The molecule has 1 aliphatic carbocycles. The predicted octanol–water partition coefficient (Wildman–Crippen LogP) is 0.919. The Morgan fingerprint density at radius 1 is 1.36 bits per heavy atom. The molecule has 1 aromatic rings. The van der Waals surface area contributed by atoms with Crippen LogP contribution in [-0.4, -0.2) is 46.9 Å². The zero-order valence-electron chi connectivity index (χ0n) is 14.3. The molecule has 128 valence electrons. The Balaban J connectivity index is 2.00. The second-order valence-corrected chi connectivity index (χ2v) is 5.43. The summed E-state index contributed by atoms with van der Waals surface area (Å²) in [6, 6.07) is 0.184. The summed E-state index contributed by atoms with van der Waals surface area (Å²) in [5.74, 6) is 5.29. The highest BCUT2D eigenvalue weighted by Crippen LogP contribution is 2.07. The van der Waals surface area contributed by atoms with Crippen molar-refractivity contribution in [3.05, 3.63) is 52.2 Å². The summed E-state index contributed by atoms with van der Waals surface area (Å²) in [4.78, 5) is 38.1. The number of allylic oxidation sites excluding steroid dienone is 4. The SMILES string of the molecule is C/N=C1/C=C(C#CCNC(=O)c2cnc[nH]c2=O)C=C/C1=N/C(C)C. The van der Waals surface area contributed by atoms with Crippen molar-refractivity contribution in [3.63, 3.8) is 0 Å². The Hall–Kier alpha value is -3.27. The van der Waals surface area contributed by atoms with Gasteiger partial charge >= 0.3 is 0 Å². The molecular weight excluding hydrogens is 318 g/mol. The van der Waals surface area contributed by atoms with Crippen LogP contribution in [0.4, 0.5) is 0 Å². The lowest BCUT2D eigenvalue weighted by molar-refractivity contribution is 0.0956. The van der Waals surface area contributed by atoms with Gasteiger partial charge in [-0.15, -0.1) is 0 Å². The van der Waals surface area contributed by atoms with Gasteiger partial charge in [-0.1, -0.05) is 11.8 Å². The van der Waals surface area contributed by atoms with Gasteiger partial charge in [0.05, 0.1) is 24.3 Å². The molecule has 1 amide bonds. The van der Waals surface area contributed by atoms with Gasteiger partial charge in [0.25, 0.3) is 11.5 Å². The number of aliphatic imine (C=N–C) groups is 2. The molecule has 0 aromatic carbocycles. The minimum absolute atomic E-state index is 0.0454. The molecular formula is C18H19N5O2. The van der Waals surface area contributed by atoms with Gasteiger partial charge in [0, 0.05) is 24.9 Å². The van der Waals surface area contributed by atoms with Gasteiger partial charge in [-0.05, 0) is 32.1 Å². The summed E-state index contributed by atoms with van der Waals surface area (Å²) < 4.78 is 0. The van der Waals surface area contributed by atoms with E-state index in [1.165, 1.54) is 12.5 Å². The van der Waals surface area contributed by atoms with E-state index in [-0.39, 0.29) is 18.2 Å². The molecule has 1 aromatic heterocycles. The third-order valence-corrected chi connectivity index (χ3v) is 3.15. The van der Waals surface area contributed by atoms with E-state index in [0.717, 1.165) is 17.0 Å². The number of rotatable bonds is 3. The molecule has 1 heterocycles. The molecule has 7 heteroatoms. The monoisotopic (exact) mass is 337 g/mol. The Bertz CT molecular complexity index is 892. The number of hydrogen-bond donors (Lipinski definition) is 2. The molecule has 0 spiro atoms. The van der Waals surface area contributed by atoms with E-state index >= 15 is 0 Å². The number of amides is 1. The molecule has 1 aliphatic rings. The van der Waals surface area contributed by atoms with Crippen molar-refractivity contribution in [3.8, 4) is 11.8 Å². The first-order chi connectivity index (χ1) is 12.0. The standard InChI is InChI=1S/C18H19N5O2/c1-12(2)23-15-7-6-13(9-16(15)19-3)5-4-8-21-17(24)14-10-20-11-22-18(14)25/h6-7,9-12H,8H2,1-3H3,(H,21,24)(H,20,22,25)/b19-16-,23-15-. The molecule has 0 unspecified atom stereocenters. The third-order valence-electron chi connectivity index (χ3n) is 3.15. The average Bonchev–Trinajstić information content (AvgIpc) is 2.59. The maximum absolute atomic E-state index is 11.9. The molecule has 25 heavy (non-hydrogen) atoms. The summed E-state index contributed by atoms with van der Waals surface area (Å²) in [7, 11) is 1.71. The fraction of sp³-hybridized carbons (Fsp3) is 0.278. The van der Waals surface area contributed by atoms with E-state index in [4.69, 9.17) is 0 Å². The minimum Gasteiger partial charge on any atom is -0.341 e. The van der Waals surface area contributed by atoms with E-state index in [1.807, 2.05) is 32.1 Å². The van der Waals surface area contributed by atoms with Crippen LogP contribution in [0.25, 0.3) is 0 Å². The van der Waals surface area contributed by atoms with E-state index in [0.29, 0.717) is 0 Å². The summed E-state index contributed by atoms with van der Waals surface area (Å²) in [5, 5.41) is 2.56. The van der Waals surface area contributed by atoms with Crippen LogP contribution in [0.1, 0.15) is 24.2 Å². The summed E-state index contributed by atoms with van der Waals surface area (Å²) in [6.45, 7) is 4.12. The molecule has 2 rings (SSSR count). The van der Waals surface area contributed by atoms with Crippen LogP contribution in [0.2, 0.25) is 0 Å². The number of carbonyl (C=O) groups is 1. The summed E-state index contributed by atoms with van der Waals surface area (Å²) in [5.41, 5.74) is 1.84. The smallest absolute Gasteiger partial charge is 0.263 e. The number of carbonyl (C=O) groups excluding carboxylic acids is 1. The van der Waals surface area contributed by atoms with Crippen molar-refractivity contribution in [1.29, 1.82) is 0 Å². The topological polar surface area (TPSA) is 99.6 Å². The quantitative estimate of drug-likeness (QED) is 0.633. The van der Waals surface area contributed by atoms with Gasteiger partial charge in [0.15, 0.2) is 0 Å². The second-order valence-electron chi connectivity index (χ2n) is 5.43. The zero-order valence-corrected chi connectivity index (χ0v) is 14.3. The second kappa shape index (κ2) is 8.55. The molecule has 7 nitrogen and oxygen atoms in total. The molecule has 0 fully saturated rings. The number of hydrogen-bond acceptors (Lipinski definition) is 5. The number of aromatic nitrogens is 2. The van der Waals surface area contributed by atoms with Crippen LogP contribution in [-0.2, 0) is 0 Å². The highest BCUT2D eigenvalue weighted by atomic mass is 16.2. The average molecular weight is 337 g/mol. The van der Waals surface area contributed by atoms with E-state index in [9.17, 15) is 9.59 Å². The van der Waals surface area contributed by atoms with Crippen LogP contribution >= 0.6 is 0 Å². The predicted molar refractivity (Wildman–Crippen MR) is 98.1 cm³/mol. The van der Waals surface area contributed by atoms with Crippen LogP contribution in [0.15, 0.2) is 51.1 Å². The Labute approximate surface area is 145 Å². The minimum atomic E-state index is -0.515. The van der Waals surface area contributed by atoms with Gasteiger partial charge < -0.3 is 10.3 Å². The largest absolute Gasteiger partial charge is 0.341 e. The Kier molecular flexibility index (Phi) is 6.18. The van der Waals surface area contributed by atoms with Crippen molar-refractivity contribution in [2.24, 2.45) is 9.98 Å². The van der Waals surface area contributed by atoms with Crippen LogP contribution < -0.4 is 10.9 Å². The zero-order chi connectivity index (χ0) is 18.2.